The Hall–Kier alpha value is -5.57. The highest BCUT2D eigenvalue weighted by molar-refractivity contribution is 7.73. The van der Waals surface area contributed by atoms with Crippen LogP contribution in [0.5, 0.6) is 0 Å². The molecule has 0 bridgehead atoms. The number of carbonyl (C=O) groups is 1. The molecule has 15 heteroatoms. The molecule has 2 amide bonds. The first-order chi connectivity index (χ1) is 22.5. The molecule has 1 heterocycles. The molecule has 4 aromatic carbocycles. The van der Waals surface area contributed by atoms with Crippen molar-refractivity contribution >= 4 is 45.5 Å². The third-order valence-electron chi connectivity index (χ3n) is 6.74. The summed E-state index contributed by atoms with van der Waals surface area (Å²) < 4.78 is 87.5. The van der Waals surface area contributed by atoms with Gasteiger partial charge in [-0.3, -0.25) is 4.78 Å². The number of nitrogens with one attached hydrogen (secondary N) is 5. The zero-order valence-corrected chi connectivity index (χ0v) is 25.1. The molecule has 1 atom stereocenters. The number of anilines is 5. The second-order valence-corrected chi connectivity index (χ2v) is 11.2. The first kappa shape index (κ1) is 32.8. The maximum absolute atomic E-state index is 15.2. The van der Waals surface area contributed by atoms with Crippen LogP contribution >= 0.6 is 0 Å². The van der Waals surface area contributed by atoms with Gasteiger partial charge in [-0.1, -0.05) is 42.5 Å². The Bertz CT molecular complexity index is 1980. The van der Waals surface area contributed by atoms with E-state index in [1.807, 2.05) is 35.6 Å². The van der Waals surface area contributed by atoms with Gasteiger partial charge in [0.2, 0.25) is 5.95 Å². The Morgan fingerprint density at radius 3 is 2.34 bits per heavy atom. The van der Waals surface area contributed by atoms with Crippen LogP contribution in [0.25, 0.3) is 11.1 Å². The number of hydrogen-bond acceptors (Lipinski definition) is 7. The molecule has 5 rings (SSSR count). The van der Waals surface area contributed by atoms with Crippen molar-refractivity contribution in [2.45, 2.75) is 17.5 Å². The highest BCUT2D eigenvalue weighted by atomic mass is 32.2. The van der Waals surface area contributed by atoms with Crippen molar-refractivity contribution < 1.29 is 31.0 Å². The Balaban J connectivity index is 1.37. The zero-order chi connectivity index (χ0) is 33.6. The normalized spacial score (nSPS) is 11.9. The van der Waals surface area contributed by atoms with Crippen molar-refractivity contribution in [1.29, 1.82) is 4.78 Å². The Kier molecular flexibility index (Phi) is 9.94. The molecular formula is C32H26F5N7O2S. The van der Waals surface area contributed by atoms with Gasteiger partial charge in [0, 0.05) is 28.9 Å². The van der Waals surface area contributed by atoms with Crippen LogP contribution in [0.2, 0.25) is 0 Å². The maximum atomic E-state index is 15.2. The van der Waals surface area contributed by atoms with E-state index in [-0.39, 0.29) is 11.6 Å². The average molecular weight is 668 g/mol. The minimum atomic E-state index is -4.76. The number of alkyl halides is 3. The van der Waals surface area contributed by atoms with Crippen molar-refractivity contribution in [3.8, 4) is 11.1 Å². The fraction of sp³-hybridized carbons (Fsp3) is 0.0938. The van der Waals surface area contributed by atoms with Gasteiger partial charge in [-0.15, -0.1) is 0 Å². The van der Waals surface area contributed by atoms with Gasteiger partial charge >= 0.3 is 12.2 Å². The van der Waals surface area contributed by atoms with Crippen molar-refractivity contribution in [2.75, 3.05) is 27.8 Å². The molecule has 1 aromatic heterocycles. The van der Waals surface area contributed by atoms with E-state index in [9.17, 15) is 26.6 Å². The molecule has 0 aliphatic carbocycles. The van der Waals surface area contributed by atoms with E-state index in [1.54, 1.807) is 24.3 Å². The minimum absolute atomic E-state index is 0.172. The smallest absolute Gasteiger partial charge is 0.369 e. The molecule has 9 nitrogen and oxygen atoms in total. The number of benzene rings is 4. The van der Waals surface area contributed by atoms with Crippen LogP contribution < -0.4 is 21.3 Å². The monoisotopic (exact) mass is 667 g/mol. The molecule has 0 spiro atoms. The van der Waals surface area contributed by atoms with Crippen LogP contribution in [-0.2, 0) is 23.2 Å². The summed E-state index contributed by atoms with van der Waals surface area (Å²) >= 11 is 0. The second kappa shape index (κ2) is 14.2. The van der Waals surface area contributed by atoms with Gasteiger partial charge in [-0.05, 0) is 66.1 Å². The van der Waals surface area contributed by atoms with Gasteiger partial charge in [0.05, 0.1) is 27.5 Å². The predicted molar refractivity (Wildman–Crippen MR) is 170 cm³/mol. The summed E-state index contributed by atoms with van der Waals surface area (Å²) in [4.78, 5) is 21.6. The van der Waals surface area contributed by atoms with E-state index >= 15 is 4.39 Å². The number of hydrogen-bond donors (Lipinski definition) is 6. The lowest BCUT2D eigenvalue weighted by atomic mass is 10.1. The molecule has 0 fully saturated rings. The maximum Gasteiger partial charge on any atom is 0.416 e. The number of rotatable bonds is 10. The fourth-order valence-corrected chi connectivity index (χ4v) is 4.93. The van der Waals surface area contributed by atoms with E-state index < -0.39 is 45.7 Å². The first-order valence-electron chi connectivity index (χ1n) is 13.9. The third kappa shape index (κ3) is 8.58. The predicted octanol–water partition coefficient (Wildman–Crippen LogP) is 8.09. The number of thiol groups is 1. The summed E-state index contributed by atoms with van der Waals surface area (Å²) in [5, 5.41) is 10.4. The van der Waals surface area contributed by atoms with E-state index in [0.717, 1.165) is 11.6 Å². The van der Waals surface area contributed by atoms with Crippen molar-refractivity contribution in [3.63, 3.8) is 0 Å². The first-order valence-corrected chi connectivity index (χ1v) is 15.2. The fourth-order valence-electron chi connectivity index (χ4n) is 4.45. The minimum Gasteiger partial charge on any atom is -0.369 e. The SMILES string of the molecule is N=[SH](=O)c1cccc(Nc2ncc(-c3ccc(NC(=O)Nc4cc(C(F)(F)F)ccc4F)c(F)c3)c(NCCc3ccccc3)n2)c1. The number of halogens is 5. The van der Waals surface area contributed by atoms with Gasteiger partial charge in [0.25, 0.3) is 0 Å². The van der Waals surface area contributed by atoms with Crippen LogP contribution in [0.15, 0.2) is 102 Å². The molecule has 0 radical (unpaired) electrons. The number of aromatic nitrogens is 2. The second-order valence-electron chi connectivity index (χ2n) is 10.1. The molecule has 47 heavy (non-hydrogen) atoms. The number of nitrogens with zero attached hydrogens (tertiary/aromatic N) is 2. The number of amides is 2. The summed E-state index contributed by atoms with van der Waals surface area (Å²) in [6.45, 7) is 0.455. The highest BCUT2D eigenvalue weighted by Gasteiger charge is 2.31. The lowest BCUT2D eigenvalue weighted by molar-refractivity contribution is -0.137. The lowest BCUT2D eigenvalue weighted by Crippen LogP contribution is -2.21. The van der Waals surface area contributed by atoms with Crippen molar-refractivity contribution in [1.82, 2.24) is 9.97 Å². The van der Waals surface area contributed by atoms with Gasteiger partial charge < -0.3 is 21.3 Å². The summed E-state index contributed by atoms with van der Waals surface area (Å²) in [6, 6.07) is 20.3. The highest BCUT2D eigenvalue weighted by Crippen LogP contribution is 2.33. The van der Waals surface area contributed by atoms with E-state index in [1.165, 1.54) is 18.3 Å². The standard InChI is InChI=1S/C32H26F5N7O2S/c33-25-11-10-21(32(35,36)37)16-28(25)43-31(45)42-27-12-9-20(15-26(27)34)24-18-40-30(41-22-7-4-8-23(17-22)47(38)46)44-29(24)39-14-13-19-5-2-1-3-6-19/h1-12,15-18,38,47H,13-14H2,(H2,42,43,45)(H2,39,40,41,44). The van der Waals surface area contributed by atoms with Crippen LogP contribution in [-0.4, -0.2) is 26.8 Å². The third-order valence-corrected chi connectivity index (χ3v) is 7.49. The quantitative estimate of drug-likeness (QED) is 0.0660. The van der Waals surface area contributed by atoms with Crippen LogP contribution in [0.1, 0.15) is 11.1 Å². The summed E-state index contributed by atoms with van der Waals surface area (Å²) in [7, 11) is -2.31. The molecule has 0 aliphatic heterocycles. The summed E-state index contributed by atoms with van der Waals surface area (Å²) in [5.41, 5.74) is 0.105. The largest absolute Gasteiger partial charge is 0.416 e. The summed E-state index contributed by atoms with van der Waals surface area (Å²) in [5.74, 6) is -1.47. The van der Waals surface area contributed by atoms with Gasteiger partial charge in [-0.2, -0.15) is 18.2 Å². The average Bonchev–Trinajstić information content (AvgIpc) is 3.03. The molecule has 0 saturated carbocycles. The Labute approximate surface area is 267 Å². The van der Waals surface area contributed by atoms with Gasteiger partial charge in [-0.25, -0.2) is 22.8 Å². The zero-order valence-electron chi connectivity index (χ0n) is 24.2. The van der Waals surface area contributed by atoms with Crippen molar-refractivity contribution in [2.24, 2.45) is 0 Å². The molecule has 5 N–H and O–H groups in total. The Morgan fingerprint density at radius 1 is 0.851 bits per heavy atom. The molecule has 1 unspecified atom stereocenters. The van der Waals surface area contributed by atoms with Crippen LogP contribution in [0.4, 0.5) is 55.6 Å². The van der Waals surface area contributed by atoms with Gasteiger partial charge in [0.1, 0.15) is 17.5 Å². The molecule has 0 saturated heterocycles. The molecule has 242 valence electrons. The molecule has 0 aliphatic rings. The summed E-state index contributed by atoms with van der Waals surface area (Å²) in [6.07, 6.45) is -2.66. The lowest BCUT2D eigenvalue weighted by Gasteiger charge is -2.15. The topological polar surface area (TPSA) is 132 Å². The number of urea groups is 1. The van der Waals surface area contributed by atoms with Crippen molar-refractivity contribution in [3.05, 3.63) is 120 Å². The van der Waals surface area contributed by atoms with Gasteiger partial charge in [0.15, 0.2) is 0 Å². The van der Waals surface area contributed by atoms with Crippen LogP contribution in [0, 0.1) is 16.4 Å². The Morgan fingerprint density at radius 2 is 1.62 bits per heavy atom. The molecule has 5 aromatic rings. The number of carbonyl (C=O) groups excluding carboxylic acids is 1. The van der Waals surface area contributed by atoms with Crippen LogP contribution in [0.3, 0.4) is 0 Å². The van der Waals surface area contributed by atoms with E-state index in [4.69, 9.17) is 4.78 Å². The van der Waals surface area contributed by atoms with E-state index in [2.05, 4.69) is 25.9 Å². The molecular weight excluding hydrogens is 641 g/mol. The van der Waals surface area contributed by atoms with E-state index in [0.29, 0.717) is 58.7 Å².